The first kappa shape index (κ1) is 19.6. The van der Waals surface area contributed by atoms with E-state index in [2.05, 4.69) is 31.2 Å². The highest BCUT2D eigenvalue weighted by Crippen LogP contribution is 2.42. The molecule has 2 aromatic carbocycles. The number of ether oxygens (including phenoxy) is 4. The maximum atomic E-state index is 6.42. The highest BCUT2D eigenvalue weighted by Gasteiger charge is 2.53. The smallest absolute Gasteiger partial charge is 0.195 e. The van der Waals surface area contributed by atoms with Crippen molar-refractivity contribution < 1.29 is 18.9 Å². The molecule has 0 unspecified atom stereocenters. The molecule has 2 aromatic rings. The van der Waals surface area contributed by atoms with Gasteiger partial charge in [0, 0.05) is 12.3 Å². The molecule has 1 spiro atoms. The number of benzene rings is 2. The Kier molecular flexibility index (Phi) is 6.43. The Bertz CT molecular complexity index is 720. The van der Waals surface area contributed by atoms with Crippen LogP contribution in [0.1, 0.15) is 37.3 Å². The van der Waals surface area contributed by atoms with Gasteiger partial charge in [-0.3, -0.25) is 0 Å². The molecule has 0 saturated carbocycles. The molecule has 0 bridgehead atoms. The Morgan fingerprint density at radius 1 is 0.964 bits per heavy atom. The van der Waals surface area contributed by atoms with Crippen LogP contribution in [-0.2, 0) is 32.2 Å². The largest absolute Gasteiger partial charge is 0.376 e. The zero-order valence-corrected chi connectivity index (χ0v) is 16.6. The van der Waals surface area contributed by atoms with E-state index in [4.69, 9.17) is 18.9 Å². The molecule has 0 N–H and O–H groups in total. The van der Waals surface area contributed by atoms with E-state index in [0.29, 0.717) is 26.4 Å². The summed E-state index contributed by atoms with van der Waals surface area (Å²) in [5.41, 5.74) is 2.35. The summed E-state index contributed by atoms with van der Waals surface area (Å²) >= 11 is 0. The summed E-state index contributed by atoms with van der Waals surface area (Å²) in [5.74, 6) is -0.467. The molecule has 2 aliphatic rings. The predicted octanol–water partition coefficient (Wildman–Crippen LogP) is 4.72. The first-order chi connectivity index (χ1) is 13.8. The molecule has 4 atom stereocenters. The Labute approximate surface area is 167 Å². The van der Waals surface area contributed by atoms with Gasteiger partial charge in [0.2, 0.25) is 0 Å². The molecule has 0 radical (unpaired) electrons. The van der Waals surface area contributed by atoms with E-state index in [0.717, 1.165) is 24.8 Å². The van der Waals surface area contributed by atoms with Gasteiger partial charge in [0.15, 0.2) is 5.79 Å². The van der Waals surface area contributed by atoms with Crippen molar-refractivity contribution in [2.75, 3.05) is 13.2 Å². The van der Waals surface area contributed by atoms with Gasteiger partial charge < -0.3 is 18.9 Å². The predicted molar refractivity (Wildman–Crippen MR) is 108 cm³/mol. The van der Waals surface area contributed by atoms with Gasteiger partial charge in [-0.15, -0.1) is 0 Å². The van der Waals surface area contributed by atoms with Gasteiger partial charge in [-0.05, 0) is 30.9 Å². The van der Waals surface area contributed by atoms with Crippen LogP contribution in [0, 0.1) is 5.92 Å². The van der Waals surface area contributed by atoms with E-state index >= 15 is 0 Å². The van der Waals surface area contributed by atoms with Crippen LogP contribution < -0.4 is 0 Å². The first-order valence-electron chi connectivity index (χ1n) is 10.3. The van der Waals surface area contributed by atoms with Crippen LogP contribution in [0.3, 0.4) is 0 Å². The van der Waals surface area contributed by atoms with Gasteiger partial charge in [0.05, 0.1) is 32.5 Å². The minimum absolute atomic E-state index is 0.119. The number of hydrogen-bond donors (Lipinski definition) is 0. The second-order valence-electron chi connectivity index (χ2n) is 7.92. The van der Waals surface area contributed by atoms with E-state index in [1.165, 1.54) is 5.56 Å². The fourth-order valence-corrected chi connectivity index (χ4v) is 4.25. The summed E-state index contributed by atoms with van der Waals surface area (Å²) in [6, 6.07) is 20.6. The molecule has 0 aromatic heterocycles. The van der Waals surface area contributed by atoms with Crippen LogP contribution in [0.15, 0.2) is 60.7 Å². The summed E-state index contributed by atoms with van der Waals surface area (Å²) in [6.45, 7) is 4.50. The van der Waals surface area contributed by atoms with Crippen LogP contribution >= 0.6 is 0 Å². The van der Waals surface area contributed by atoms with E-state index < -0.39 is 5.79 Å². The third kappa shape index (κ3) is 4.64. The monoisotopic (exact) mass is 382 g/mol. The maximum Gasteiger partial charge on any atom is 0.195 e. The lowest BCUT2D eigenvalue weighted by Crippen LogP contribution is -2.50. The van der Waals surface area contributed by atoms with Crippen LogP contribution in [0.4, 0.5) is 0 Å². The Morgan fingerprint density at radius 3 is 2.32 bits per heavy atom. The van der Waals surface area contributed by atoms with Crippen LogP contribution in [0.2, 0.25) is 0 Å². The van der Waals surface area contributed by atoms with Crippen LogP contribution in [0.5, 0.6) is 0 Å². The lowest BCUT2D eigenvalue weighted by atomic mass is 9.92. The first-order valence-corrected chi connectivity index (χ1v) is 10.3. The van der Waals surface area contributed by atoms with E-state index in [1.54, 1.807) is 0 Å². The van der Waals surface area contributed by atoms with Gasteiger partial charge in [-0.25, -0.2) is 0 Å². The minimum atomic E-state index is -0.632. The average molecular weight is 383 g/mol. The summed E-state index contributed by atoms with van der Waals surface area (Å²) in [6.07, 6.45) is 3.13. The van der Waals surface area contributed by atoms with Gasteiger partial charge in [0.1, 0.15) is 6.10 Å². The van der Waals surface area contributed by atoms with Crippen molar-refractivity contribution in [3.8, 4) is 0 Å². The molecule has 2 heterocycles. The van der Waals surface area contributed by atoms with Crippen molar-refractivity contribution in [3.63, 3.8) is 0 Å². The Morgan fingerprint density at radius 2 is 1.64 bits per heavy atom. The van der Waals surface area contributed by atoms with E-state index in [-0.39, 0.29) is 18.1 Å². The second kappa shape index (κ2) is 9.19. The molecule has 28 heavy (non-hydrogen) atoms. The quantitative estimate of drug-likeness (QED) is 0.694. The molecule has 0 amide bonds. The molecule has 4 nitrogen and oxygen atoms in total. The number of rotatable bonds is 7. The maximum absolute atomic E-state index is 6.42. The van der Waals surface area contributed by atoms with E-state index in [1.807, 2.05) is 36.4 Å². The van der Waals surface area contributed by atoms with Crippen LogP contribution in [-0.4, -0.2) is 31.2 Å². The fraction of sp³-hybridized carbons (Fsp3) is 0.500. The number of hydrogen-bond acceptors (Lipinski definition) is 4. The van der Waals surface area contributed by atoms with Gasteiger partial charge >= 0.3 is 0 Å². The highest BCUT2D eigenvalue weighted by atomic mass is 16.7. The van der Waals surface area contributed by atoms with Crippen molar-refractivity contribution >= 4 is 0 Å². The highest BCUT2D eigenvalue weighted by molar-refractivity contribution is 5.14. The van der Waals surface area contributed by atoms with Gasteiger partial charge in [0.25, 0.3) is 0 Å². The van der Waals surface area contributed by atoms with Crippen LogP contribution in [0.25, 0.3) is 0 Å². The van der Waals surface area contributed by atoms with E-state index in [9.17, 15) is 0 Å². The molecule has 150 valence electrons. The third-order valence-corrected chi connectivity index (χ3v) is 5.66. The normalized spacial score (nSPS) is 30.0. The molecule has 4 rings (SSSR count). The van der Waals surface area contributed by atoms with Crippen molar-refractivity contribution in [3.05, 3.63) is 71.8 Å². The Balaban J connectivity index is 1.41. The molecular formula is C24H30O4. The third-order valence-electron chi connectivity index (χ3n) is 5.66. The minimum Gasteiger partial charge on any atom is -0.376 e. The van der Waals surface area contributed by atoms with Gasteiger partial charge in [-0.1, -0.05) is 60.7 Å². The standard InChI is InChI=1S/C24H30O4/c1-19-9-8-14-24(28-19)23(26-16-21-12-6-3-7-13-21)22(18-27-24)17-25-15-20-10-4-2-5-11-20/h2-7,10-13,19,22-23H,8-9,14-18H2,1H3/t19-,22-,23-,24-/m0/s1. The zero-order valence-electron chi connectivity index (χ0n) is 16.6. The molecule has 2 saturated heterocycles. The summed E-state index contributed by atoms with van der Waals surface area (Å²) in [4.78, 5) is 0. The SMILES string of the molecule is C[C@H]1CCC[C@]2(OC[C@H](COCc3ccccc3)[C@@H]2OCc2ccccc2)O1. The average Bonchev–Trinajstić information content (AvgIpc) is 3.04. The summed E-state index contributed by atoms with van der Waals surface area (Å²) in [5, 5.41) is 0. The van der Waals surface area contributed by atoms with Crippen molar-refractivity contribution in [2.45, 2.75) is 57.4 Å². The molecule has 2 fully saturated rings. The molecule has 4 heteroatoms. The lowest BCUT2D eigenvalue weighted by Gasteiger charge is -2.41. The lowest BCUT2D eigenvalue weighted by molar-refractivity contribution is -0.293. The molecular weight excluding hydrogens is 352 g/mol. The summed E-state index contributed by atoms with van der Waals surface area (Å²) in [7, 11) is 0. The topological polar surface area (TPSA) is 36.9 Å². The zero-order chi connectivity index (χ0) is 19.2. The second-order valence-corrected chi connectivity index (χ2v) is 7.92. The van der Waals surface area contributed by atoms with Crippen molar-refractivity contribution in [1.29, 1.82) is 0 Å². The molecule has 2 aliphatic heterocycles. The van der Waals surface area contributed by atoms with Crippen molar-refractivity contribution in [1.82, 2.24) is 0 Å². The van der Waals surface area contributed by atoms with Gasteiger partial charge in [-0.2, -0.15) is 0 Å². The Hall–Kier alpha value is -1.72. The molecule has 0 aliphatic carbocycles. The fourth-order valence-electron chi connectivity index (χ4n) is 4.25. The van der Waals surface area contributed by atoms with Crippen molar-refractivity contribution in [2.24, 2.45) is 5.92 Å². The summed E-state index contributed by atoms with van der Waals surface area (Å²) < 4.78 is 25.0.